The maximum absolute atomic E-state index is 12.7. The lowest BCUT2D eigenvalue weighted by atomic mass is 10.3. The zero-order valence-electron chi connectivity index (χ0n) is 24.6. The minimum absolute atomic E-state index is 0.125. The van der Waals surface area contributed by atoms with Crippen LogP contribution in [0.25, 0.3) is 0 Å². The normalized spacial score (nSPS) is 16.7. The molecule has 14 nitrogen and oxygen atoms in total. The fraction of sp³-hybridized carbons (Fsp3) is 0.0588. The predicted molar refractivity (Wildman–Crippen MR) is 160 cm³/mol. The minimum Gasteiger partial charge on any atom is -0.441 e. The molecule has 1 aliphatic heterocycles. The van der Waals surface area contributed by atoms with Gasteiger partial charge < -0.3 is 47.4 Å². The van der Waals surface area contributed by atoms with Gasteiger partial charge in [0.25, 0.3) is 0 Å². The van der Waals surface area contributed by atoms with Gasteiger partial charge in [-0.05, 0) is 48.5 Å². The Kier molecular flexibility index (Phi) is 11.1. The van der Waals surface area contributed by atoms with Crippen LogP contribution in [0.15, 0.2) is 145 Å². The molecule has 14 heteroatoms. The summed E-state index contributed by atoms with van der Waals surface area (Å²) in [5, 5.41) is 0. The molecule has 0 aromatic heterocycles. The van der Waals surface area contributed by atoms with Crippen LogP contribution in [0.2, 0.25) is 0 Å². The third-order valence-corrected chi connectivity index (χ3v) is 5.68. The molecule has 0 N–H and O–H groups in total. The molecule has 0 spiro atoms. The van der Waals surface area contributed by atoms with E-state index < -0.39 is 48.7 Å². The van der Waals surface area contributed by atoms with Crippen LogP contribution in [0.1, 0.15) is 0 Å². The Bertz CT molecular complexity index is 1610. The van der Waals surface area contributed by atoms with Crippen LogP contribution >= 0.6 is 0 Å². The molecule has 1 fully saturated rings. The molecule has 0 aliphatic carbocycles. The van der Waals surface area contributed by atoms with E-state index in [0.29, 0.717) is 12.5 Å². The van der Waals surface area contributed by atoms with Gasteiger partial charge in [0.1, 0.15) is 35.5 Å². The topological polar surface area (TPSA) is 161 Å². The molecule has 1 heterocycles. The molecule has 244 valence electrons. The number of hydrogen-bond acceptors (Lipinski definition) is 14. The van der Waals surface area contributed by atoms with Gasteiger partial charge in [0.2, 0.25) is 11.5 Å². The number of carbonyl (C=O) groups excluding carboxylic acids is 4. The van der Waals surface area contributed by atoms with Crippen LogP contribution in [0.3, 0.4) is 0 Å². The van der Waals surface area contributed by atoms with Crippen molar-refractivity contribution in [3.8, 4) is 23.0 Å². The van der Waals surface area contributed by atoms with E-state index in [9.17, 15) is 19.2 Å². The van der Waals surface area contributed by atoms with Gasteiger partial charge in [-0.25, -0.2) is 19.2 Å². The second-order valence-electron chi connectivity index (χ2n) is 9.07. The highest BCUT2D eigenvalue weighted by molar-refractivity contribution is 5.66. The molecular weight excluding hydrogens is 632 g/mol. The van der Waals surface area contributed by atoms with E-state index >= 15 is 0 Å². The number of rotatable bonds is 8. The molecule has 2 atom stereocenters. The fourth-order valence-corrected chi connectivity index (χ4v) is 3.63. The van der Waals surface area contributed by atoms with Crippen molar-refractivity contribution in [3.63, 3.8) is 0 Å². The molecule has 0 saturated carbocycles. The molecule has 5 rings (SSSR count). The van der Waals surface area contributed by atoms with Gasteiger partial charge in [-0.2, -0.15) is 0 Å². The van der Waals surface area contributed by atoms with E-state index in [4.69, 9.17) is 47.4 Å². The smallest absolute Gasteiger partial charge is 0.441 e. The summed E-state index contributed by atoms with van der Waals surface area (Å²) in [4.78, 5) is 50.1. The van der Waals surface area contributed by atoms with Crippen molar-refractivity contribution in [1.29, 1.82) is 0 Å². The van der Waals surface area contributed by atoms with Gasteiger partial charge in [0, 0.05) is 0 Å². The summed E-state index contributed by atoms with van der Waals surface area (Å²) in [5.41, 5.74) is 0. The maximum atomic E-state index is 12.7. The molecular formula is C34H24O14. The summed E-state index contributed by atoms with van der Waals surface area (Å²) in [6.07, 6.45) is -7.31. The predicted octanol–water partition coefficient (Wildman–Crippen LogP) is 7.23. The summed E-state index contributed by atoms with van der Waals surface area (Å²) < 4.78 is 52.3. The zero-order chi connectivity index (χ0) is 33.6. The average molecular weight is 657 g/mol. The lowest BCUT2D eigenvalue weighted by Gasteiger charge is -2.31. The summed E-state index contributed by atoms with van der Waals surface area (Å²) in [6.45, 7) is 0. The largest absolute Gasteiger partial charge is 0.518 e. The molecule has 2 unspecified atom stereocenters. The van der Waals surface area contributed by atoms with Gasteiger partial charge in [-0.1, -0.05) is 72.8 Å². The van der Waals surface area contributed by atoms with E-state index in [0.717, 1.165) is 0 Å². The molecule has 48 heavy (non-hydrogen) atoms. The second-order valence-corrected chi connectivity index (χ2v) is 9.07. The third-order valence-electron chi connectivity index (χ3n) is 5.68. The van der Waals surface area contributed by atoms with Crippen LogP contribution in [0, 0.1) is 0 Å². The van der Waals surface area contributed by atoms with Gasteiger partial charge >= 0.3 is 37.2 Å². The van der Waals surface area contributed by atoms with Crippen molar-refractivity contribution >= 4 is 24.6 Å². The summed E-state index contributed by atoms with van der Waals surface area (Å²) in [6, 6.07) is 31.7. The van der Waals surface area contributed by atoms with Crippen molar-refractivity contribution in [2.24, 2.45) is 0 Å². The number of ether oxygens (including phenoxy) is 10. The first-order chi connectivity index (χ1) is 23.4. The van der Waals surface area contributed by atoms with E-state index in [-0.39, 0.29) is 23.0 Å². The molecule has 0 bridgehead atoms. The third kappa shape index (κ3) is 10.0. The Morgan fingerprint density at radius 2 is 0.688 bits per heavy atom. The molecule has 1 saturated heterocycles. The van der Waals surface area contributed by atoms with Crippen molar-refractivity contribution in [2.45, 2.75) is 12.6 Å². The Labute approximate surface area is 272 Å². The first kappa shape index (κ1) is 32.4. The van der Waals surface area contributed by atoms with Gasteiger partial charge in [0.15, 0.2) is 0 Å². The summed E-state index contributed by atoms with van der Waals surface area (Å²) in [5.74, 6) is -0.468. The lowest BCUT2D eigenvalue weighted by molar-refractivity contribution is -0.199. The lowest BCUT2D eigenvalue weighted by Crippen LogP contribution is -2.39. The Morgan fingerprint density at radius 3 is 0.979 bits per heavy atom. The second kappa shape index (κ2) is 16.4. The highest BCUT2D eigenvalue weighted by Gasteiger charge is 2.40. The summed E-state index contributed by atoms with van der Waals surface area (Å²) in [7, 11) is 0. The first-order valence-electron chi connectivity index (χ1n) is 13.9. The van der Waals surface area contributed by atoms with E-state index in [1.54, 1.807) is 72.8 Å². The molecule has 4 aromatic carbocycles. The molecule has 4 aromatic rings. The molecule has 0 amide bonds. The summed E-state index contributed by atoms with van der Waals surface area (Å²) >= 11 is 0. The molecule has 0 radical (unpaired) electrons. The maximum Gasteiger partial charge on any atom is 0.518 e. The van der Waals surface area contributed by atoms with Crippen LogP contribution in [-0.4, -0.2) is 37.2 Å². The number of para-hydroxylation sites is 4. The Morgan fingerprint density at radius 1 is 0.417 bits per heavy atom. The van der Waals surface area contributed by atoms with Crippen LogP contribution in [-0.2, 0) is 28.4 Å². The quantitative estimate of drug-likeness (QED) is 0.0808. The van der Waals surface area contributed by atoms with Gasteiger partial charge in [0.05, 0.1) is 0 Å². The van der Waals surface area contributed by atoms with Crippen LogP contribution in [0.5, 0.6) is 23.0 Å². The highest BCUT2D eigenvalue weighted by atomic mass is 16.8. The van der Waals surface area contributed by atoms with E-state index in [1.165, 1.54) is 48.5 Å². The number of carbonyl (C=O) groups is 4. The monoisotopic (exact) mass is 656 g/mol. The van der Waals surface area contributed by atoms with Crippen molar-refractivity contribution in [3.05, 3.63) is 145 Å². The minimum atomic E-state index is -1.85. The standard InChI is InChI=1S/C34H24O14/c35-31(41-23-13-5-1-6-14-23)39-21-27-29(47-33(37)43-25-17-9-3-10-18-25)46-28(22-40-32(36)42-24-15-7-2-8-16-24)30(45-27)48-34(38)44-26-19-11-4-12-20-26/h1-22,29-30H/b27-21-,28-22-. The number of benzene rings is 4. The fourth-order valence-electron chi connectivity index (χ4n) is 3.63. The SMILES string of the molecule is O=C(O/C=C1\OC(OC(=O)Oc2ccccc2)/C(=C/OC(=O)Oc2ccccc2)OC1OC(=O)Oc1ccccc1)Oc1ccccc1. The van der Waals surface area contributed by atoms with Gasteiger partial charge in [-0.15, -0.1) is 0 Å². The first-order valence-corrected chi connectivity index (χ1v) is 13.9. The highest BCUT2D eigenvalue weighted by Crippen LogP contribution is 2.30. The zero-order valence-corrected chi connectivity index (χ0v) is 24.6. The Balaban J connectivity index is 1.37. The Hall–Kier alpha value is -6.96. The van der Waals surface area contributed by atoms with E-state index in [2.05, 4.69) is 0 Å². The van der Waals surface area contributed by atoms with Crippen molar-refractivity contribution in [2.75, 3.05) is 0 Å². The van der Waals surface area contributed by atoms with Gasteiger partial charge in [-0.3, -0.25) is 0 Å². The van der Waals surface area contributed by atoms with Crippen LogP contribution in [0.4, 0.5) is 19.2 Å². The number of hydrogen-bond donors (Lipinski definition) is 0. The molecule has 1 aliphatic rings. The van der Waals surface area contributed by atoms with E-state index in [1.807, 2.05) is 0 Å². The van der Waals surface area contributed by atoms with Crippen molar-refractivity contribution < 1.29 is 66.5 Å². The van der Waals surface area contributed by atoms with Crippen molar-refractivity contribution in [1.82, 2.24) is 0 Å². The van der Waals surface area contributed by atoms with Crippen LogP contribution < -0.4 is 18.9 Å². The average Bonchev–Trinajstić information content (AvgIpc) is 3.09.